The number of carbonyl (C=O) groups excluding carboxylic acids is 1. The molecule has 6 rings (SSSR count). The number of carbonyl (C=O) groups is 2. The first-order valence-electron chi connectivity index (χ1n) is 15.0. The molecule has 0 bridgehead atoms. The first-order chi connectivity index (χ1) is 20.9. The third kappa shape index (κ3) is 6.71. The molecule has 226 valence electrons. The van der Waals surface area contributed by atoms with Gasteiger partial charge in [0, 0.05) is 62.1 Å². The number of piperidine rings is 1. The van der Waals surface area contributed by atoms with Crippen LogP contribution in [-0.4, -0.2) is 81.7 Å². The van der Waals surface area contributed by atoms with Crippen molar-refractivity contribution in [2.45, 2.75) is 67.2 Å². The molecule has 0 radical (unpaired) electrons. The quantitative estimate of drug-likeness (QED) is 0.338. The average Bonchev–Trinajstić information content (AvgIpc) is 3.36. The Morgan fingerprint density at radius 3 is 2.44 bits per heavy atom. The van der Waals surface area contributed by atoms with Crippen molar-refractivity contribution in [3.05, 3.63) is 88.9 Å². The standard InChI is InChI=1S/C33H37FN4O4S/c1-22-25(7-10-31(35-22)43-29-8-5-23(6-9-29)32(39)40)20-36-15-11-28(12-16-36)38-30(24-3-2-4-26(34)19-24)21-37(33(38)41)27-13-17-42-18-14-27/h2-10,19,27-28,30H,11-18,20-21H2,1H3,(H,39,40). The number of ether oxygens (including phenoxy) is 1. The van der Waals surface area contributed by atoms with Gasteiger partial charge >= 0.3 is 12.0 Å². The van der Waals surface area contributed by atoms with Crippen LogP contribution in [0.25, 0.3) is 0 Å². The number of pyridine rings is 1. The van der Waals surface area contributed by atoms with E-state index in [1.54, 1.807) is 36.4 Å². The number of rotatable bonds is 8. The normalized spacial score (nSPS) is 20.6. The maximum absolute atomic E-state index is 14.2. The summed E-state index contributed by atoms with van der Waals surface area (Å²) < 4.78 is 19.8. The molecule has 2 amide bonds. The third-order valence-electron chi connectivity index (χ3n) is 8.87. The van der Waals surface area contributed by atoms with Crippen molar-refractivity contribution in [1.82, 2.24) is 19.7 Å². The number of likely N-dealkylation sites (tertiary alicyclic amines) is 1. The van der Waals surface area contributed by atoms with E-state index in [1.807, 2.05) is 28.9 Å². The van der Waals surface area contributed by atoms with Gasteiger partial charge in [-0.05, 0) is 86.2 Å². The Hall–Kier alpha value is -3.47. The highest BCUT2D eigenvalue weighted by atomic mass is 32.2. The van der Waals surface area contributed by atoms with Gasteiger partial charge in [0.25, 0.3) is 0 Å². The summed E-state index contributed by atoms with van der Waals surface area (Å²) >= 11 is 1.51. The average molecular weight is 605 g/mol. The largest absolute Gasteiger partial charge is 0.478 e. The molecule has 3 aromatic rings. The number of aromatic carboxylic acids is 1. The van der Waals surface area contributed by atoms with Crippen molar-refractivity contribution < 1.29 is 23.8 Å². The van der Waals surface area contributed by atoms with Crippen LogP contribution in [0.15, 0.2) is 70.6 Å². The van der Waals surface area contributed by atoms with Crippen LogP contribution < -0.4 is 0 Å². The molecule has 2 aromatic carbocycles. The molecule has 1 atom stereocenters. The Morgan fingerprint density at radius 1 is 1.02 bits per heavy atom. The molecule has 8 nitrogen and oxygen atoms in total. The van der Waals surface area contributed by atoms with Gasteiger partial charge in [0.15, 0.2) is 0 Å². The van der Waals surface area contributed by atoms with E-state index in [2.05, 4.69) is 11.0 Å². The van der Waals surface area contributed by atoms with E-state index in [1.165, 1.54) is 23.4 Å². The van der Waals surface area contributed by atoms with Crippen LogP contribution in [0.5, 0.6) is 0 Å². The highest BCUT2D eigenvalue weighted by Crippen LogP contribution is 2.37. The number of amides is 2. The van der Waals surface area contributed by atoms with E-state index in [9.17, 15) is 14.0 Å². The zero-order chi connectivity index (χ0) is 29.9. The van der Waals surface area contributed by atoms with E-state index in [0.717, 1.165) is 66.5 Å². The first-order valence-corrected chi connectivity index (χ1v) is 15.8. The molecule has 1 unspecified atom stereocenters. The second-order valence-corrected chi connectivity index (χ2v) is 12.7. The minimum Gasteiger partial charge on any atom is -0.478 e. The summed E-state index contributed by atoms with van der Waals surface area (Å²) in [4.78, 5) is 37.2. The van der Waals surface area contributed by atoms with Crippen LogP contribution in [0.3, 0.4) is 0 Å². The summed E-state index contributed by atoms with van der Waals surface area (Å²) in [6.07, 6.45) is 3.42. The van der Waals surface area contributed by atoms with Crippen LogP contribution in [0, 0.1) is 12.7 Å². The number of halogens is 1. The third-order valence-corrected chi connectivity index (χ3v) is 9.82. The van der Waals surface area contributed by atoms with Crippen molar-refractivity contribution in [3.63, 3.8) is 0 Å². The second kappa shape index (κ2) is 13.0. The van der Waals surface area contributed by atoms with E-state index in [-0.39, 0.29) is 35.5 Å². The summed E-state index contributed by atoms with van der Waals surface area (Å²) in [5.41, 5.74) is 3.28. The zero-order valence-corrected chi connectivity index (χ0v) is 25.1. The van der Waals surface area contributed by atoms with Gasteiger partial charge in [-0.1, -0.05) is 30.0 Å². The van der Waals surface area contributed by atoms with E-state index < -0.39 is 5.97 Å². The molecule has 0 aliphatic carbocycles. The van der Waals surface area contributed by atoms with Gasteiger partial charge in [0.1, 0.15) is 10.8 Å². The highest BCUT2D eigenvalue weighted by molar-refractivity contribution is 7.99. The molecule has 43 heavy (non-hydrogen) atoms. The fourth-order valence-corrected chi connectivity index (χ4v) is 7.33. The minimum atomic E-state index is -0.936. The van der Waals surface area contributed by atoms with Crippen molar-refractivity contribution in [2.24, 2.45) is 0 Å². The SMILES string of the molecule is Cc1nc(Sc2ccc(C(=O)O)cc2)ccc1CN1CCC(N2C(=O)N(C3CCOCC3)CC2c2cccc(F)c2)CC1. The van der Waals surface area contributed by atoms with Crippen LogP contribution >= 0.6 is 11.8 Å². The molecule has 4 heterocycles. The lowest BCUT2D eigenvalue weighted by Crippen LogP contribution is -2.48. The minimum absolute atomic E-state index is 0.0744. The van der Waals surface area contributed by atoms with Crippen LogP contribution in [0.1, 0.15) is 58.9 Å². The lowest BCUT2D eigenvalue weighted by atomic mass is 9.98. The maximum Gasteiger partial charge on any atom is 0.335 e. The van der Waals surface area contributed by atoms with Crippen molar-refractivity contribution >= 4 is 23.8 Å². The molecule has 3 aliphatic heterocycles. The first kappa shape index (κ1) is 29.6. The van der Waals surface area contributed by atoms with Crippen molar-refractivity contribution in [3.8, 4) is 0 Å². The number of urea groups is 1. The number of aryl methyl sites for hydroxylation is 1. The second-order valence-electron chi connectivity index (χ2n) is 11.6. The van der Waals surface area contributed by atoms with Crippen LogP contribution in [0.2, 0.25) is 0 Å². The van der Waals surface area contributed by atoms with Gasteiger partial charge in [-0.2, -0.15) is 0 Å². The Kier molecular flexibility index (Phi) is 8.97. The number of nitrogens with zero attached hydrogens (tertiary/aromatic N) is 4. The van der Waals surface area contributed by atoms with Crippen molar-refractivity contribution in [1.29, 1.82) is 0 Å². The van der Waals surface area contributed by atoms with Gasteiger partial charge < -0.3 is 19.6 Å². The number of carboxylic acids is 1. The molecule has 0 spiro atoms. The Balaban J connectivity index is 1.09. The molecule has 1 N–H and O–H groups in total. The molecule has 3 saturated heterocycles. The number of carboxylic acid groups (broad SMARTS) is 1. The topological polar surface area (TPSA) is 86.2 Å². The van der Waals surface area contributed by atoms with Gasteiger partial charge in [0.05, 0.1) is 11.6 Å². The van der Waals surface area contributed by atoms with Gasteiger partial charge in [-0.3, -0.25) is 4.90 Å². The smallest absolute Gasteiger partial charge is 0.335 e. The van der Waals surface area contributed by atoms with E-state index >= 15 is 0 Å². The van der Waals surface area contributed by atoms with Crippen LogP contribution in [0.4, 0.5) is 9.18 Å². The van der Waals surface area contributed by atoms with Gasteiger partial charge in [-0.25, -0.2) is 19.0 Å². The summed E-state index contributed by atoms with van der Waals surface area (Å²) in [5, 5.41) is 9.99. The molecule has 10 heteroatoms. The predicted molar refractivity (Wildman–Crippen MR) is 162 cm³/mol. The zero-order valence-electron chi connectivity index (χ0n) is 24.3. The number of aromatic nitrogens is 1. The Morgan fingerprint density at radius 2 is 1.77 bits per heavy atom. The number of benzene rings is 2. The highest BCUT2D eigenvalue weighted by Gasteiger charge is 2.45. The summed E-state index contributed by atoms with van der Waals surface area (Å²) in [5.74, 6) is -1.21. The molecule has 0 saturated carbocycles. The Bertz CT molecular complexity index is 1460. The van der Waals surface area contributed by atoms with Crippen molar-refractivity contribution in [2.75, 3.05) is 32.8 Å². The van der Waals surface area contributed by atoms with Gasteiger partial charge in [-0.15, -0.1) is 0 Å². The lowest BCUT2D eigenvalue weighted by molar-refractivity contribution is 0.0493. The summed E-state index contributed by atoms with van der Waals surface area (Å²) in [6, 6.07) is 17.9. The molecular formula is C33H37FN4O4S. The lowest BCUT2D eigenvalue weighted by Gasteiger charge is -2.39. The summed E-state index contributed by atoms with van der Waals surface area (Å²) in [7, 11) is 0. The maximum atomic E-state index is 14.2. The number of hydrogen-bond acceptors (Lipinski definition) is 6. The van der Waals surface area contributed by atoms with Gasteiger partial charge in [0.2, 0.25) is 0 Å². The molecular weight excluding hydrogens is 567 g/mol. The Labute approximate surface area is 255 Å². The van der Waals surface area contributed by atoms with E-state index in [0.29, 0.717) is 19.8 Å². The van der Waals surface area contributed by atoms with Crippen LogP contribution in [-0.2, 0) is 11.3 Å². The molecule has 1 aromatic heterocycles. The number of hydrogen-bond donors (Lipinski definition) is 1. The molecule has 3 aliphatic rings. The predicted octanol–water partition coefficient (Wildman–Crippen LogP) is 6.00. The summed E-state index contributed by atoms with van der Waals surface area (Å²) in [6.45, 7) is 6.49. The fourth-order valence-electron chi connectivity index (χ4n) is 6.50. The van der Waals surface area contributed by atoms with E-state index in [4.69, 9.17) is 14.8 Å². The monoisotopic (exact) mass is 604 g/mol. The fraction of sp³-hybridized carbons (Fsp3) is 0.424. The molecule has 3 fully saturated rings.